The number of carbonyl (C=O) groups excluding carboxylic acids is 1. The molecule has 1 rings (SSSR count). The van der Waals surface area contributed by atoms with Crippen molar-refractivity contribution in [2.75, 3.05) is 24.1 Å². The van der Waals surface area contributed by atoms with Gasteiger partial charge in [0.15, 0.2) is 5.75 Å². The normalized spacial score (nSPS) is 11.0. The molecule has 6 heteroatoms. The van der Waals surface area contributed by atoms with Crippen LogP contribution < -0.4 is 21.1 Å². The molecule has 0 atom stereocenters. The van der Waals surface area contributed by atoms with Gasteiger partial charge in [0.05, 0.1) is 6.10 Å². The van der Waals surface area contributed by atoms with Crippen LogP contribution in [0.15, 0.2) is 0 Å². The first-order chi connectivity index (χ1) is 9.86. The number of carbonyl (C=O) groups is 1. The minimum absolute atomic E-state index is 0.00746. The van der Waals surface area contributed by atoms with E-state index < -0.39 is 0 Å². The van der Waals surface area contributed by atoms with Crippen molar-refractivity contribution < 1.29 is 9.53 Å². The number of thiophene rings is 1. The second-order valence-electron chi connectivity index (χ2n) is 5.70. The van der Waals surface area contributed by atoms with E-state index in [0.29, 0.717) is 28.8 Å². The summed E-state index contributed by atoms with van der Waals surface area (Å²) in [5, 5.41) is 7.01. The van der Waals surface area contributed by atoms with E-state index in [1.807, 2.05) is 20.8 Å². The summed E-state index contributed by atoms with van der Waals surface area (Å²) in [7, 11) is 0. The maximum atomic E-state index is 12.1. The van der Waals surface area contributed by atoms with Crippen LogP contribution >= 0.6 is 11.3 Å². The van der Waals surface area contributed by atoms with Crippen molar-refractivity contribution in [1.82, 2.24) is 5.32 Å². The van der Waals surface area contributed by atoms with Crippen molar-refractivity contribution in [2.45, 2.75) is 47.1 Å². The quantitative estimate of drug-likeness (QED) is 0.688. The number of rotatable bonds is 8. The van der Waals surface area contributed by atoms with Crippen molar-refractivity contribution in [1.29, 1.82) is 0 Å². The minimum atomic E-state index is -0.134. The van der Waals surface area contributed by atoms with E-state index >= 15 is 0 Å². The lowest BCUT2D eigenvalue weighted by Crippen LogP contribution is -2.23. The summed E-state index contributed by atoms with van der Waals surface area (Å²) in [4.78, 5) is 12.7. The summed E-state index contributed by atoms with van der Waals surface area (Å²) in [6.07, 6.45) is 0.901. The maximum absolute atomic E-state index is 12.1. The van der Waals surface area contributed by atoms with E-state index in [4.69, 9.17) is 10.5 Å². The van der Waals surface area contributed by atoms with Crippen LogP contribution in [0, 0.1) is 5.92 Å². The molecule has 1 amide bonds. The standard InChI is InChI=1S/C15H27N3O2S/c1-6-7-17-14(19)13-11(16)12(20-10(4)5)15(21-13)18-8-9(2)3/h9-10,18H,6-8,16H2,1-5H3,(H,17,19). The molecule has 0 unspecified atom stereocenters. The predicted molar refractivity (Wildman–Crippen MR) is 90.4 cm³/mol. The zero-order valence-corrected chi connectivity index (χ0v) is 14.4. The molecule has 0 saturated carbocycles. The molecular weight excluding hydrogens is 286 g/mol. The average molecular weight is 313 g/mol. The monoisotopic (exact) mass is 313 g/mol. The number of nitrogens with one attached hydrogen (secondary N) is 2. The lowest BCUT2D eigenvalue weighted by Gasteiger charge is -2.13. The first-order valence-corrected chi connectivity index (χ1v) is 8.29. The van der Waals surface area contributed by atoms with Crippen LogP contribution in [0.5, 0.6) is 5.75 Å². The molecule has 0 aliphatic heterocycles. The van der Waals surface area contributed by atoms with Gasteiger partial charge in [-0.1, -0.05) is 20.8 Å². The molecule has 1 heterocycles. The highest BCUT2D eigenvalue weighted by molar-refractivity contribution is 7.19. The molecule has 0 fully saturated rings. The third-order valence-corrected chi connectivity index (χ3v) is 3.81. The number of anilines is 2. The Labute approximate surface area is 131 Å². The Morgan fingerprint density at radius 3 is 2.52 bits per heavy atom. The van der Waals surface area contributed by atoms with Crippen LogP contribution in [0.4, 0.5) is 10.7 Å². The Kier molecular flexibility index (Phi) is 6.81. The molecule has 1 aromatic rings. The van der Waals surface area contributed by atoms with E-state index in [0.717, 1.165) is 18.0 Å². The second-order valence-corrected chi connectivity index (χ2v) is 6.72. The summed E-state index contributed by atoms with van der Waals surface area (Å²) in [5.41, 5.74) is 6.54. The highest BCUT2D eigenvalue weighted by atomic mass is 32.1. The number of nitrogen functional groups attached to an aromatic ring is 1. The summed E-state index contributed by atoms with van der Waals surface area (Å²) in [6.45, 7) is 11.6. The SMILES string of the molecule is CCCNC(=O)c1sc(NCC(C)C)c(OC(C)C)c1N. The zero-order chi connectivity index (χ0) is 16.0. The summed E-state index contributed by atoms with van der Waals surface area (Å²) in [6, 6.07) is 0. The van der Waals surface area contributed by atoms with Gasteiger partial charge < -0.3 is 21.1 Å². The summed E-state index contributed by atoms with van der Waals surface area (Å²) in [5.74, 6) is 0.959. The van der Waals surface area contributed by atoms with Crippen LogP contribution in [0.2, 0.25) is 0 Å². The molecule has 1 aromatic heterocycles. The van der Waals surface area contributed by atoms with Crippen LogP contribution in [0.1, 0.15) is 50.7 Å². The molecule has 5 nitrogen and oxygen atoms in total. The first kappa shape index (κ1) is 17.6. The van der Waals surface area contributed by atoms with E-state index in [9.17, 15) is 4.79 Å². The van der Waals surface area contributed by atoms with E-state index in [1.165, 1.54) is 11.3 Å². The van der Waals surface area contributed by atoms with Gasteiger partial charge in [-0.3, -0.25) is 4.79 Å². The minimum Gasteiger partial charge on any atom is -0.486 e. The second kappa shape index (κ2) is 8.12. The fraction of sp³-hybridized carbons (Fsp3) is 0.667. The topological polar surface area (TPSA) is 76.4 Å². The van der Waals surface area contributed by atoms with Gasteiger partial charge in [0.2, 0.25) is 0 Å². The zero-order valence-electron chi connectivity index (χ0n) is 13.6. The van der Waals surface area contributed by atoms with Gasteiger partial charge >= 0.3 is 0 Å². The third-order valence-electron chi connectivity index (χ3n) is 2.67. The molecule has 4 N–H and O–H groups in total. The Morgan fingerprint density at radius 2 is 2.00 bits per heavy atom. The molecule has 0 bridgehead atoms. The van der Waals surface area contributed by atoms with Crippen LogP contribution in [-0.4, -0.2) is 25.1 Å². The lowest BCUT2D eigenvalue weighted by molar-refractivity contribution is 0.0958. The highest BCUT2D eigenvalue weighted by Gasteiger charge is 2.22. The molecule has 21 heavy (non-hydrogen) atoms. The largest absolute Gasteiger partial charge is 0.486 e. The van der Waals surface area contributed by atoms with Gasteiger partial charge in [-0.2, -0.15) is 0 Å². The molecule has 0 aromatic carbocycles. The Bertz CT molecular complexity index is 470. The number of amides is 1. The highest BCUT2D eigenvalue weighted by Crippen LogP contribution is 2.43. The number of hydrogen-bond acceptors (Lipinski definition) is 5. The summed E-state index contributed by atoms with van der Waals surface area (Å²) >= 11 is 1.36. The Hall–Kier alpha value is -1.43. The van der Waals surface area contributed by atoms with Crippen molar-refractivity contribution in [3.8, 4) is 5.75 Å². The number of nitrogens with two attached hydrogens (primary N) is 1. The van der Waals surface area contributed by atoms with Crippen molar-refractivity contribution in [3.63, 3.8) is 0 Å². The fourth-order valence-corrected chi connectivity index (χ4v) is 2.66. The smallest absolute Gasteiger partial charge is 0.263 e. The molecule has 0 aliphatic carbocycles. The van der Waals surface area contributed by atoms with Crippen LogP contribution in [-0.2, 0) is 0 Å². The van der Waals surface area contributed by atoms with Gasteiger partial charge in [-0.25, -0.2) is 0 Å². The van der Waals surface area contributed by atoms with E-state index in [-0.39, 0.29) is 12.0 Å². The van der Waals surface area contributed by atoms with E-state index in [1.54, 1.807) is 0 Å². The van der Waals surface area contributed by atoms with Gasteiger partial charge in [-0.15, -0.1) is 11.3 Å². The van der Waals surface area contributed by atoms with E-state index in [2.05, 4.69) is 24.5 Å². The molecule has 0 spiro atoms. The van der Waals surface area contributed by atoms with Crippen molar-refractivity contribution in [3.05, 3.63) is 4.88 Å². The van der Waals surface area contributed by atoms with Crippen molar-refractivity contribution in [2.24, 2.45) is 5.92 Å². The van der Waals surface area contributed by atoms with Gasteiger partial charge in [-0.05, 0) is 26.2 Å². The van der Waals surface area contributed by atoms with Gasteiger partial charge in [0.1, 0.15) is 15.6 Å². The molecule has 0 saturated heterocycles. The third kappa shape index (κ3) is 5.12. The fourth-order valence-electron chi connectivity index (χ4n) is 1.68. The van der Waals surface area contributed by atoms with Gasteiger partial charge in [0, 0.05) is 13.1 Å². The Balaban J connectivity index is 3.01. The Morgan fingerprint density at radius 1 is 1.33 bits per heavy atom. The molecule has 120 valence electrons. The lowest BCUT2D eigenvalue weighted by atomic mass is 10.2. The number of ether oxygens (including phenoxy) is 1. The summed E-state index contributed by atoms with van der Waals surface area (Å²) < 4.78 is 5.79. The van der Waals surface area contributed by atoms with Crippen LogP contribution in [0.25, 0.3) is 0 Å². The first-order valence-electron chi connectivity index (χ1n) is 7.47. The van der Waals surface area contributed by atoms with Crippen LogP contribution in [0.3, 0.4) is 0 Å². The molecular formula is C15H27N3O2S. The van der Waals surface area contributed by atoms with Crippen molar-refractivity contribution >= 4 is 27.9 Å². The van der Waals surface area contributed by atoms with Gasteiger partial charge in [0.25, 0.3) is 5.91 Å². The molecule has 0 radical (unpaired) electrons. The maximum Gasteiger partial charge on any atom is 0.263 e. The molecule has 0 aliphatic rings. The number of hydrogen-bond donors (Lipinski definition) is 3. The predicted octanol–water partition coefficient (Wildman–Crippen LogP) is 3.33. The average Bonchev–Trinajstić information content (AvgIpc) is 2.70.